The van der Waals surface area contributed by atoms with Gasteiger partial charge in [0.15, 0.2) is 11.6 Å². The van der Waals surface area contributed by atoms with Crippen molar-refractivity contribution in [2.24, 2.45) is 0 Å². The first-order valence-corrected chi connectivity index (χ1v) is 10.7. The van der Waals surface area contributed by atoms with Crippen molar-refractivity contribution in [1.82, 2.24) is 19.7 Å². The number of pyridine rings is 2. The Labute approximate surface area is 185 Å². The zero-order valence-electron chi connectivity index (χ0n) is 18.2. The summed E-state index contributed by atoms with van der Waals surface area (Å²) < 4.78 is 18.2. The molecule has 5 heterocycles. The van der Waals surface area contributed by atoms with E-state index in [4.69, 9.17) is 19.2 Å². The molecule has 1 unspecified atom stereocenters. The third kappa shape index (κ3) is 3.80. The first-order chi connectivity index (χ1) is 15.7. The number of fused-ring (bicyclic) bond motifs is 1. The van der Waals surface area contributed by atoms with Crippen LogP contribution in [0.1, 0.15) is 35.3 Å². The molecular weight excluding hydrogens is 410 g/mol. The van der Waals surface area contributed by atoms with Crippen LogP contribution in [0.2, 0.25) is 0 Å². The lowest BCUT2D eigenvalue weighted by atomic mass is 10.1. The fourth-order valence-electron chi connectivity index (χ4n) is 4.16. The summed E-state index contributed by atoms with van der Waals surface area (Å²) in [6.45, 7) is 1.88. The first-order valence-electron chi connectivity index (χ1n) is 10.7. The highest BCUT2D eigenvalue weighted by Crippen LogP contribution is 2.32. The minimum Gasteiger partial charge on any atom is -0.491 e. The molecule has 9 nitrogen and oxygen atoms in total. The summed E-state index contributed by atoms with van der Waals surface area (Å²) in [6.07, 6.45) is 7.11. The molecule has 32 heavy (non-hydrogen) atoms. The van der Waals surface area contributed by atoms with Crippen LogP contribution in [-0.2, 0) is 17.8 Å². The van der Waals surface area contributed by atoms with Gasteiger partial charge in [0.1, 0.15) is 0 Å². The monoisotopic (exact) mass is 435 g/mol. The van der Waals surface area contributed by atoms with E-state index < -0.39 is 0 Å². The fourth-order valence-corrected chi connectivity index (χ4v) is 4.16. The highest BCUT2D eigenvalue weighted by molar-refractivity contribution is 6.09. The van der Waals surface area contributed by atoms with Crippen molar-refractivity contribution in [3.8, 4) is 22.9 Å². The number of nitrogens with zero attached hydrogens (tertiary/aromatic N) is 5. The van der Waals surface area contributed by atoms with Gasteiger partial charge in [-0.25, -0.2) is 4.98 Å². The predicted octanol–water partition coefficient (Wildman–Crippen LogP) is 3.09. The molecule has 1 amide bonds. The molecule has 1 saturated heterocycles. The van der Waals surface area contributed by atoms with E-state index in [0.29, 0.717) is 47.5 Å². The average molecular weight is 435 g/mol. The third-order valence-corrected chi connectivity index (χ3v) is 5.85. The lowest BCUT2D eigenvalue weighted by molar-refractivity contribution is 0.00403. The molecule has 9 heteroatoms. The average Bonchev–Trinajstić information content (AvgIpc) is 3.43. The normalized spacial score (nSPS) is 18.0. The first kappa shape index (κ1) is 20.4. The highest BCUT2D eigenvalue weighted by atomic mass is 16.5. The van der Waals surface area contributed by atoms with E-state index in [-0.39, 0.29) is 12.0 Å². The summed E-state index contributed by atoms with van der Waals surface area (Å²) in [7, 11) is 3.11. The number of aromatic nitrogens is 4. The molecule has 5 rings (SSSR count). The van der Waals surface area contributed by atoms with Crippen molar-refractivity contribution in [1.29, 1.82) is 0 Å². The maximum atomic E-state index is 13.0. The zero-order valence-corrected chi connectivity index (χ0v) is 18.2. The molecule has 2 aliphatic rings. The molecule has 0 saturated carbocycles. The van der Waals surface area contributed by atoms with Gasteiger partial charge in [0.25, 0.3) is 11.8 Å². The van der Waals surface area contributed by atoms with E-state index in [0.717, 1.165) is 25.0 Å². The van der Waals surface area contributed by atoms with Crippen LogP contribution in [0.15, 0.2) is 36.7 Å². The lowest BCUT2D eigenvalue weighted by Gasteiger charge is -2.22. The number of hydrogen-bond donors (Lipinski definition) is 0. The molecule has 0 bridgehead atoms. The Morgan fingerprint density at radius 2 is 2.09 bits per heavy atom. The van der Waals surface area contributed by atoms with Crippen LogP contribution in [-0.4, -0.2) is 52.6 Å². The van der Waals surface area contributed by atoms with Gasteiger partial charge in [0.2, 0.25) is 0 Å². The van der Waals surface area contributed by atoms with Crippen LogP contribution in [0.3, 0.4) is 0 Å². The Kier molecular flexibility index (Phi) is 5.48. The van der Waals surface area contributed by atoms with Crippen molar-refractivity contribution in [2.75, 3.05) is 25.7 Å². The van der Waals surface area contributed by atoms with Crippen LogP contribution in [0, 0.1) is 0 Å². The number of hydrogen-bond acceptors (Lipinski definition) is 7. The molecule has 3 aromatic rings. The Balaban J connectivity index is 1.35. The summed E-state index contributed by atoms with van der Waals surface area (Å²) >= 11 is 0. The molecule has 0 aromatic carbocycles. The van der Waals surface area contributed by atoms with Gasteiger partial charge in [-0.1, -0.05) is 0 Å². The van der Waals surface area contributed by atoms with Crippen molar-refractivity contribution < 1.29 is 19.0 Å². The smallest absolute Gasteiger partial charge is 0.261 e. The van der Waals surface area contributed by atoms with Gasteiger partial charge in [-0.2, -0.15) is 5.10 Å². The molecule has 0 radical (unpaired) electrons. The summed E-state index contributed by atoms with van der Waals surface area (Å²) in [5.41, 5.74) is 2.81. The van der Waals surface area contributed by atoms with Gasteiger partial charge in [-0.3, -0.25) is 19.4 Å². The van der Waals surface area contributed by atoms with E-state index in [9.17, 15) is 4.79 Å². The number of amides is 1. The molecular formula is C23H25N5O4. The zero-order chi connectivity index (χ0) is 22.1. The van der Waals surface area contributed by atoms with E-state index >= 15 is 0 Å². The second kappa shape index (κ2) is 8.58. The Bertz CT molecular complexity index is 1140. The minimum atomic E-state index is -0.0938. The highest BCUT2D eigenvalue weighted by Gasteiger charge is 2.31. The summed E-state index contributed by atoms with van der Waals surface area (Å²) in [5, 5.41) is 4.62. The third-order valence-electron chi connectivity index (χ3n) is 5.85. The van der Waals surface area contributed by atoms with Crippen LogP contribution >= 0.6 is 0 Å². The Morgan fingerprint density at radius 3 is 2.88 bits per heavy atom. The number of ether oxygens (including phenoxy) is 3. The number of carbonyl (C=O) groups excluding carboxylic acids is 1. The van der Waals surface area contributed by atoms with Crippen LogP contribution in [0.4, 0.5) is 5.82 Å². The Hall–Kier alpha value is -3.46. The number of rotatable bonds is 6. The Morgan fingerprint density at radius 1 is 1.19 bits per heavy atom. The molecule has 1 fully saturated rings. The second-order valence-electron chi connectivity index (χ2n) is 7.90. The second-order valence-corrected chi connectivity index (χ2v) is 7.90. The fraction of sp³-hybridized carbons (Fsp3) is 0.391. The predicted molar refractivity (Wildman–Crippen MR) is 117 cm³/mol. The van der Waals surface area contributed by atoms with Gasteiger partial charge >= 0.3 is 0 Å². The molecule has 0 aliphatic carbocycles. The van der Waals surface area contributed by atoms with E-state index in [2.05, 4.69) is 10.1 Å². The summed E-state index contributed by atoms with van der Waals surface area (Å²) in [5.74, 6) is 1.47. The van der Waals surface area contributed by atoms with Crippen molar-refractivity contribution >= 4 is 11.7 Å². The maximum Gasteiger partial charge on any atom is 0.261 e. The van der Waals surface area contributed by atoms with Gasteiger partial charge in [-0.05, 0) is 37.5 Å². The van der Waals surface area contributed by atoms with Crippen molar-refractivity contribution in [3.63, 3.8) is 0 Å². The topological polar surface area (TPSA) is 91.6 Å². The number of methoxy groups -OCH3 is 2. The molecule has 0 spiro atoms. The molecule has 2 aliphatic heterocycles. The number of anilines is 1. The standard InChI is InChI=1S/C23H25N5O4/c1-30-20-11-15(12-24-22(20)31-2)18-7-6-17-19(25-18)14-28(23(17)29)21-8-9-27(26-21)13-16-5-3-4-10-32-16/h6-9,11-12,16H,3-5,10,13-14H2,1-2H3. The van der Waals surface area contributed by atoms with Crippen molar-refractivity contribution in [2.45, 2.75) is 38.5 Å². The van der Waals surface area contributed by atoms with Gasteiger partial charge in [0.05, 0.1) is 50.4 Å². The summed E-state index contributed by atoms with van der Waals surface area (Å²) in [4.78, 5) is 23.7. The van der Waals surface area contributed by atoms with Crippen LogP contribution in [0.25, 0.3) is 11.3 Å². The van der Waals surface area contributed by atoms with E-state index in [1.807, 2.05) is 35.1 Å². The molecule has 0 N–H and O–H groups in total. The van der Waals surface area contributed by atoms with Gasteiger partial charge in [0, 0.05) is 30.6 Å². The van der Waals surface area contributed by atoms with Crippen molar-refractivity contribution in [3.05, 3.63) is 47.9 Å². The van der Waals surface area contributed by atoms with Crippen LogP contribution in [0.5, 0.6) is 11.6 Å². The van der Waals surface area contributed by atoms with E-state index in [1.165, 1.54) is 6.42 Å². The lowest BCUT2D eigenvalue weighted by Crippen LogP contribution is -2.26. The maximum absolute atomic E-state index is 13.0. The molecule has 166 valence electrons. The minimum absolute atomic E-state index is 0.0938. The SMILES string of the molecule is COc1cc(-c2ccc3c(n2)CN(c2ccn(CC4CCCCO4)n2)C3=O)cnc1OC. The largest absolute Gasteiger partial charge is 0.491 e. The van der Waals surface area contributed by atoms with E-state index in [1.54, 1.807) is 25.3 Å². The van der Waals surface area contributed by atoms with Crippen LogP contribution < -0.4 is 14.4 Å². The summed E-state index contributed by atoms with van der Waals surface area (Å²) in [6, 6.07) is 7.32. The van der Waals surface area contributed by atoms with Gasteiger partial charge in [-0.15, -0.1) is 0 Å². The van der Waals surface area contributed by atoms with Gasteiger partial charge < -0.3 is 14.2 Å². The quantitative estimate of drug-likeness (QED) is 0.588. The molecule has 1 atom stereocenters. The molecule has 3 aromatic heterocycles. The number of carbonyl (C=O) groups is 1.